The van der Waals surface area contributed by atoms with Gasteiger partial charge in [0.05, 0.1) is 15.6 Å². The number of hydrogen-bond acceptors (Lipinski definition) is 6. The van der Waals surface area contributed by atoms with E-state index < -0.39 is 16.0 Å². The van der Waals surface area contributed by atoms with Crippen LogP contribution in [0.4, 0.5) is 5.69 Å². The third-order valence-corrected chi connectivity index (χ3v) is 4.12. The van der Waals surface area contributed by atoms with Crippen LogP contribution in [0.5, 0.6) is 0 Å². The number of rotatable bonds is 3. The molecule has 1 aromatic carbocycles. The molecule has 2 heterocycles. The minimum Gasteiger partial charge on any atom is -0.290 e. The van der Waals surface area contributed by atoms with Crippen LogP contribution >= 0.6 is 27.5 Å². The standard InChI is InChI=1S/C13H7BrN4O3S/c14-9-6-17(7-10(11(9)19)18(20)21)13-15-12(16-22-13)8-4-2-1-3-5-8/h1-7H. The topological polar surface area (TPSA) is 90.9 Å². The van der Waals surface area contributed by atoms with Gasteiger partial charge in [-0.15, -0.1) is 0 Å². The molecule has 3 aromatic rings. The van der Waals surface area contributed by atoms with Crippen LogP contribution in [0.15, 0.2) is 52.0 Å². The van der Waals surface area contributed by atoms with Gasteiger partial charge in [-0.25, -0.2) is 0 Å². The van der Waals surface area contributed by atoms with Gasteiger partial charge >= 0.3 is 5.69 Å². The Hall–Kier alpha value is -2.39. The molecule has 3 rings (SSSR count). The number of aromatic nitrogens is 3. The molecule has 0 saturated heterocycles. The molecule has 0 N–H and O–H groups in total. The lowest BCUT2D eigenvalue weighted by Gasteiger charge is -2.01. The van der Waals surface area contributed by atoms with Crippen LogP contribution in [0, 0.1) is 10.1 Å². The largest absolute Gasteiger partial charge is 0.333 e. The Kier molecular flexibility index (Phi) is 3.82. The maximum atomic E-state index is 11.7. The van der Waals surface area contributed by atoms with E-state index in [0.29, 0.717) is 11.0 Å². The molecule has 0 bridgehead atoms. The molecule has 0 unspecified atom stereocenters. The average molecular weight is 379 g/mol. The highest BCUT2D eigenvalue weighted by Crippen LogP contribution is 2.22. The molecular formula is C13H7BrN4O3S. The molecule has 9 heteroatoms. The monoisotopic (exact) mass is 378 g/mol. The van der Waals surface area contributed by atoms with Crippen LogP contribution in [0.1, 0.15) is 0 Å². The Morgan fingerprint density at radius 1 is 1.23 bits per heavy atom. The van der Waals surface area contributed by atoms with E-state index in [4.69, 9.17) is 0 Å². The normalized spacial score (nSPS) is 10.6. The summed E-state index contributed by atoms with van der Waals surface area (Å²) in [5, 5.41) is 11.4. The SMILES string of the molecule is O=c1c(Br)cn(-c2nc(-c3ccccc3)ns2)cc1[N+](=O)[O-]. The van der Waals surface area contributed by atoms with Crippen LogP contribution < -0.4 is 5.43 Å². The van der Waals surface area contributed by atoms with Crippen molar-refractivity contribution in [2.24, 2.45) is 0 Å². The van der Waals surface area contributed by atoms with Crippen molar-refractivity contribution in [1.82, 2.24) is 13.9 Å². The summed E-state index contributed by atoms with van der Waals surface area (Å²) in [5.41, 5.74) is -0.348. The Balaban J connectivity index is 2.08. The van der Waals surface area contributed by atoms with Crippen molar-refractivity contribution in [3.05, 3.63) is 67.5 Å². The minimum atomic E-state index is -0.720. The predicted molar refractivity (Wildman–Crippen MR) is 85.3 cm³/mol. The highest BCUT2D eigenvalue weighted by molar-refractivity contribution is 9.10. The smallest absolute Gasteiger partial charge is 0.290 e. The molecule has 22 heavy (non-hydrogen) atoms. The summed E-state index contributed by atoms with van der Waals surface area (Å²) < 4.78 is 5.74. The number of halogens is 1. The van der Waals surface area contributed by atoms with E-state index in [2.05, 4.69) is 25.3 Å². The lowest BCUT2D eigenvalue weighted by atomic mass is 10.2. The molecule has 7 nitrogen and oxygen atoms in total. The fourth-order valence-electron chi connectivity index (χ4n) is 1.80. The summed E-state index contributed by atoms with van der Waals surface area (Å²) >= 11 is 4.12. The number of nitro groups is 1. The minimum absolute atomic E-state index is 0.0955. The van der Waals surface area contributed by atoms with Crippen molar-refractivity contribution in [3.63, 3.8) is 0 Å². The average Bonchev–Trinajstić information content (AvgIpc) is 3.00. The number of benzene rings is 1. The summed E-state index contributed by atoms with van der Waals surface area (Å²) in [5.74, 6) is 0.526. The molecule has 0 radical (unpaired) electrons. The van der Waals surface area contributed by atoms with E-state index in [0.717, 1.165) is 23.3 Å². The van der Waals surface area contributed by atoms with Gasteiger partial charge in [0, 0.05) is 23.3 Å². The molecule has 2 aromatic heterocycles. The maximum Gasteiger partial charge on any atom is 0.333 e. The van der Waals surface area contributed by atoms with Crippen molar-refractivity contribution >= 4 is 33.1 Å². The van der Waals surface area contributed by atoms with Crippen LogP contribution in [0.2, 0.25) is 0 Å². The second-order valence-corrected chi connectivity index (χ2v) is 5.84. The first-order valence-electron chi connectivity index (χ1n) is 6.02. The first-order valence-corrected chi connectivity index (χ1v) is 7.58. The molecule has 0 spiro atoms. The van der Waals surface area contributed by atoms with Gasteiger partial charge in [-0.3, -0.25) is 19.5 Å². The van der Waals surface area contributed by atoms with Gasteiger partial charge < -0.3 is 0 Å². The molecule has 110 valence electrons. The Morgan fingerprint density at radius 3 is 2.64 bits per heavy atom. The third kappa shape index (κ3) is 2.68. The number of pyridine rings is 1. The molecule has 0 aliphatic heterocycles. The van der Waals surface area contributed by atoms with Crippen LogP contribution in [0.3, 0.4) is 0 Å². The fraction of sp³-hybridized carbons (Fsp3) is 0. The zero-order chi connectivity index (χ0) is 15.7. The van der Waals surface area contributed by atoms with Gasteiger partial charge in [0.15, 0.2) is 5.82 Å². The molecular weight excluding hydrogens is 372 g/mol. The summed E-state index contributed by atoms with van der Waals surface area (Å²) in [6.07, 6.45) is 2.58. The molecule has 0 aliphatic carbocycles. The van der Waals surface area contributed by atoms with Crippen LogP contribution in [-0.4, -0.2) is 18.8 Å². The van der Waals surface area contributed by atoms with Gasteiger partial charge in [-0.1, -0.05) is 30.3 Å². The van der Waals surface area contributed by atoms with Gasteiger partial charge in [0.1, 0.15) is 0 Å². The fourth-order valence-corrected chi connectivity index (χ4v) is 2.86. The Labute approximate surface area is 136 Å². The second kappa shape index (κ2) is 5.78. The zero-order valence-corrected chi connectivity index (χ0v) is 13.2. The van der Waals surface area contributed by atoms with Gasteiger partial charge in [-0.05, 0) is 15.9 Å². The highest BCUT2D eigenvalue weighted by atomic mass is 79.9. The zero-order valence-electron chi connectivity index (χ0n) is 10.8. The molecule has 0 fully saturated rings. The first-order chi connectivity index (χ1) is 10.6. The maximum absolute atomic E-state index is 11.7. The lowest BCUT2D eigenvalue weighted by molar-refractivity contribution is -0.386. The third-order valence-electron chi connectivity index (χ3n) is 2.83. The van der Waals surface area contributed by atoms with E-state index in [1.807, 2.05) is 30.3 Å². The van der Waals surface area contributed by atoms with Gasteiger partial charge in [0.25, 0.3) is 5.43 Å². The first kappa shape index (κ1) is 14.5. The van der Waals surface area contributed by atoms with E-state index in [1.165, 1.54) is 10.8 Å². The molecule has 0 saturated carbocycles. The van der Waals surface area contributed by atoms with Crippen LogP contribution in [-0.2, 0) is 0 Å². The van der Waals surface area contributed by atoms with Crippen LogP contribution in [0.25, 0.3) is 16.5 Å². The van der Waals surface area contributed by atoms with Gasteiger partial charge in [-0.2, -0.15) is 9.36 Å². The summed E-state index contributed by atoms with van der Waals surface area (Å²) in [4.78, 5) is 26.2. The summed E-state index contributed by atoms with van der Waals surface area (Å²) in [6.45, 7) is 0. The predicted octanol–water partition coefficient (Wildman–Crippen LogP) is 3.03. The second-order valence-electron chi connectivity index (χ2n) is 4.25. The quantitative estimate of drug-likeness (QED) is 0.515. The Morgan fingerprint density at radius 2 is 1.95 bits per heavy atom. The highest BCUT2D eigenvalue weighted by Gasteiger charge is 2.18. The van der Waals surface area contributed by atoms with E-state index in [-0.39, 0.29) is 4.47 Å². The number of nitrogens with zero attached hydrogens (tertiary/aromatic N) is 4. The van der Waals surface area contributed by atoms with Crippen molar-refractivity contribution in [1.29, 1.82) is 0 Å². The lowest BCUT2D eigenvalue weighted by Crippen LogP contribution is -2.12. The molecule has 0 atom stereocenters. The Bertz CT molecular complexity index is 907. The molecule has 0 aliphatic rings. The van der Waals surface area contributed by atoms with Crippen molar-refractivity contribution in [2.45, 2.75) is 0 Å². The summed E-state index contributed by atoms with van der Waals surface area (Å²) in [7, 11) is 0. The van der Waals surface area contributed by atoms with Crippen molar-refractivity contribution in [3.8, 4) is 16.5 Å². The van der Waals surface area contributed by atoms with Crippen molar-refractivity contribution in [2.75, 3.05) is 0 Å². The van der Waals surface area contributed by atoms with Gasteiger partial charge in [0.2, 0.25) is 5.13 Å². The van der Waals surface area contributed by atoms with E-state index in [1.54, 1.807) is 0 Å². The summed E-state index contributed by atoms with van der Waals surface area (Å²) in [6, 6.07) is 9.37. The molecule has 0 amide bonds. The number of hydrogen-bond donors (Lipinski definition) is 0. The van der Waals surface area contributed by atoms with E-state index >= 15 is 0 Å². The van der Waals surface area contributed by atoms with E-state index in [9.17, 15) is 14.9 Å². The van der Waals surface area contributed by atoms with Crippen molar-refractivity contribution < 1.29 is 4.92 Å².